The topological polar surface area (TPSA) is 0 Å². The summed E-state index contributed by atoms with van der Waals surface area (Å²) in [6, 6.07) is 15.6. The molecule has 0 aromatic heterocycles. The number of hydrogen-bond donors (Lipinski definition) is 1. The molecule has 0 atom stereocenters. The minimum absolute atomic E-state index is 1.03. The molecular weight excluding hydrogens is 248 g/mol. The predicted molar refractivity (Wildman–Crippen MR) is 87.5 cm³/mol. The predicted octanol–water partition coefficient (Wildman–Crippen LogP) is 5.41. The standard InChI is InChI=1S/C18H18S/c1-3-12-6-5-7-14-9-16-11-18(19)13(4-2)8-15(16)10-17(12)14/h5-11,19H,3-4H2,1-2H3. The first-order valence-electron chi connectivity index (χ1n) is 6.90. The van der Waals surface area contributed by atoms with E-state index < -0.39 is 0 Å². The Labute approximate surface area is 119 Å². The summed E-state index contributed by atoms with van der Waals surface area (Å²) in [5, 5.41) is 5.31. The van der Waals surface area contributed by atoms with E-state index in [4.69, 9.17) is 0 Å². The van der Waals surface area contributed by atoms with E-state index in [0.29, 0.717) is 0 Å². The minimum atomic E-state index is 1.03. The van der Waals surface area contributed by atoms with E-state index in [9.17, 15) is 0 Å². The molecule has 0 aliphatic carbocycles. The Kier molecular flexibility index (Phi) is 3.24. The van der Waals surface area contributed by atoms with E-state index in [-0.39, 0.29) is 0 Å². The summed E-state index contributed by atoms with van der Waals surface area (Å²) >= 11 is 4.59. The summed E-state index contributed by atoms with van der Waals surface area (Å²) in [7, 11) is 0. The zero-order valence-electron chi connectivity index (χ0n) is 11.4. The third kappa shape index (κ3) is 2.12. The second-order valence-corrected chi connectivity index (χ2v) is 5.51. The lowest BCUT2D eigenvalue weighted by atomic mass is 9.97. The average molecular weight is 266 g/mol. The smallest absolute Gasteiger partial charge is 0.00783 e. The van der Waals surface area contributed by atoms with Crippen molar-refractivity contribution in [2.24, 2.45) is 0 Å². The van der Waals surface area contributed by atoms with Gasteiger partial charge in [0.25, 0.3) is 0 Å². The van der Waals surface area contributed by atoms with E-state index in [1.165, 1.54) is 32.7 Å². The van der Waals surface area contributed by atoms with Gasteiger partial charge in [-0.1, -0.05) is 38.1 Å². The third-order valence-corrected chi connectivity index (χ3v) is 4.30. The van der Waals surface area contributed by atoms with E-state index in [0.717, 1.165) is 17.7 Å². The van der Waals surface area contributed by atoms with Crippen molar-refractivity contribution in [1.82, 2.24) is 0 Å². The molecule has 0 aliphatic rings. The van der Waals surface area contributed by atoms with Crippen LogP contribution in [0.25, 0.3) is 21.5 Å². The molecule has 1 heteroatoms. The third-order valence-electron chi connectivity index (χ3n) is 3.89. The van der Waals surface area contributed by atoms with Gasteiger partial charge >= 0.3 is 0 Å². The van der Waals surface area contributed by atoms with Gasteiger partial charge in [0.2, 0.25) is 0 Å². The van der Waals surface area contributed by atoms with Crippen LogP contribution in [0.5, 0.6) is 0 Å². The summed E-state index contributed by atoms with van der Waals surface area (Å²) in [6.07, 6.45) is 2.11. The fraction of sp³-hybridized carbons (Fsp3) is 0.222. The van der Waals surface area contributed by atoms with Crippen LogP contribution >= 0.6 is 12.6 Å². The van der Waals surface area contributed by atoms with Crippen molar-refractivity contribution in [3.05, 3.63) is 53.6 Å². The molecule has 0 saturated heterocycles. The van der Waals surface area contributed by atoms with Gasteiger partial charge in [-0.15, -0.1) is 12.6 Å². The molecule has 0 bridgehead atoms. The first-order chi connectivity index (χ1) is 9.22. The number of aryl methyl sites for hydroxylation is 2. The Hall–Kier alpha value is -1.47. The zero-order valence-corrected chi connectivity index (χ0v) is 12.3. The first kappa shape index (κ1) is 12.6. The molecule has 3 aromatic carbocycles. The molecule has 19 heavy (non-hydrogen) atoms. The van der Waals surface area contributed by atoms with Crippen molar-refractivity contribution >= 4 is 34.2 Å². The van der Waals surface area contributed by atoms with Crippen molar-refractivity contribution in [2.75, 3.05) is 0 Å². The highest BCUT2D eigenvalue weighted by Crippen LogP contribution is 2.29. The molecule has 0 nitrogen and oxygen atoms in total. The molecule has 3 aromatic rings. The molecule has 0 fully saturated rings. The second kappa shape index (κ2) is 4.90. The van der Waals surface area contributed by atoms with Crippen LogP contribution in [0.3, 0.4) is 0 Å². The highest BCUT2D eigenvalue weighted by molar-refractivity contribution is 7.80. The van der Waals surface area contributed by atoms with Crippen LogP contribution in [0.1, 0.15) is 25.0 Å². The Balaban J connectivity index is 2.39. The molecule has 3 rings (SSSR count). The number of thiol groups is 1. The second-order valence-electron chi connectivity index (χ2n) is 5.03. The van der Waals surface area contributed by atoms with Gasteiger partial charge in [0.1, 0.15) is 0 Å². The van der Waals surface area contributed by atoms with Crippen LogP contribution < -0.4 is 0 Å². The molecule has 0 saturated carbocycles. The van der Waals surface area contributed by atoms with Crippen molar-refractivity contribution in [2.45, 2.75) is 31.6 Å². The van der Waals surface area contributed by atoms with Gasteiger partial charge in [0, 0.05) is 4.90 Å². The van der Waals surface area contributed by atoms with E-state index in [1.807, 2.05) is 0 Å². The minimum Gasteiger partial charge on any atom is -0.143 e. The lowest BCUT2D eigenvalue weighted by Gasteiger charge is -2.09. The maximum absolute atomic E-state index is 4.59. The molecule has 96 valence electrons. The monoisotopic (exact) mass is 266 g/mol. The highest BCUT2D eigenvalue weighted by atomic mass is 32.1. The van der Waals surface area contributed by atoms with Gasteiger partial charge in [-0.25, -0.2) is 0 Å². The van der Waals surface area contributed by atoms with E-state index >= 15 is 0 Å². The normalized spacial score (nSPS) is 11.3. The van der Waals surface area contributed by atoms with Crippen molar-refractivity contribution < 1.29 is 0 Å². The Morgan fingerprint density at radius 2 is 1.53 bits per heavy atom. The highest BCUT2D eigenvalue weighted by Gasteiger charge is 2.05. The van der Waals surface area contributed by atoms with Crippen LogP contribution in [0, 0.1) is 0 Å². The molecule has 0 unspecified atom stereocenters. The molecular formula is C18H18S. The largest absolute Gasteiger partial charge is 0.143 e. The Morgan fingerprint density at radius 3 is 2.26 bits per heavy atom. The zero-order chi connectivity index (χ0) is 13.4. The Bertz CT molecular complexity index is 756. The van der Waals surface area contributed by atoms with E-state index in [1.54, 1.807) is 0 Å². The van der Waals surface area contributed by atoms with Crippen LogP contribution in [-0.2, 0) is 12.8 Å². The van der Waals surface area contributed by atoms with Gasteiger partial charge in [-0.3, -0.25) is 0 Å². The maximum Gasteiger partial charge on any atom is 0.00783 e. The van der Waals surface area contributed by atoms with Gasteiger partial charge in [0.05, 0.1) is 0 Å². The van der Waals surface area contributed by atoms with Crippen molar-refractivity contribution in [1.29, 1.82) is 0 Å². The van der Waals surface area contributed by atoms with Gasteiger partial charge < -0.3 is 0 Å². The fourth-order valence-electron chi connectivity index (χ4n) is 2.77. The van der Waals surface area contributed by atoms with Gasteiger partial charge in [-0.05, 0) is 63.7 Å². The quantitative estimate of drug-likeness (QED) is 0.465. The molecule has 0 aliphatic heterocycles. The lowest BCUT2D eigenvalue weighted by Crippen LogP contribution is -1.87. The fourth-order valence-corrected chi connectivity index (χ4v) is 3.13. The van der Waals surface area contributed by atoms with Crippen LogP contribution in [0.2, 0.25) is 0 Å². The number of benzene rings is 3. The van der Waals surface area contributed by atoms with E-state index in [2.05, 4.69) is 68.9 Å². The van der Waals surface area contributed by atoms with Crippen LogP contribution in [-0.4, -0.2) is 0 Å². The first-order valence-corrected chi connectivity index (χ1v) is 7.35. The van der Waals surface area contributed by atoms with Crippen molar-refractivity contribution in [3.63, 3.8) is 0 Å². The Morgan fingerprint density at radius 1 is 0.789 bits per heavy atom. The van der Waals surface area contributed by atoms with Crippen LogP contribution in [0.15, 0.2) is 47.4 Å². The summed E-state index contributed by atoms with van der Waals surface area (Å²) in [6.45, 7) is 4.40. The number of rotatable bonds is 2. The summed E-state index contributed by atoms with van der Waals surface area (Å²) in [4.78, 5) is 1.10. The SMILES string of the molecule is CCc1cc2cc3c(CC)cccc3cc2cc1S. The molecule has 0 radical (unpaired) electrons. The number of fused-ring (bicyclic) bond motifs is 2. The number of hydrogen-bond acceptors (Lipinski definition) is 1. The lowest BCUT2D eigenvalue weighted by molar-refractivity contribution is 1.09. The summed E-state index contributed by atoms with van der Waals surface area (Å²) in [5.41, 5.74) is 2.75. The molecule has 0 spiro atoms. The maximum atomic E-state index is 4.59. The summed E-state index contributed by atoms with van der Waals surface area (Å²) < 4.78 is 0. The molecule has 0 N–H and O–H groups in total. The molecule has 0 heterocycles. The van der Waals surface area contributed by atoms with Gasteiger partial charge in [0.15, 0.2) is 0 Å². The van der Waals surface area contributed by atoms with Crippen LogP contribution in [0.4, 0.5) is 0 Å². The average Bonchev–Trinajstić information content (AvgIpc) is 2.43. The molecule has 0 amide bonds. The van der Waals surface area contributed by atoms with Gasteiger partial charge in [-0.2, -0.15) is 0 Å². The summed E-state index contributed by atoms with van der Waals surface area (Å²) in [5.74, 6) is 0. The van der Waals surface area contributed by atoms with Crippen molar-refractivity contribution in [3.8, 4) is 0 Å².